The van der Waals surface area contributed by atoms with E-state index in [1.165, 1.54) is 0 Å². The van der Waals surface area contributed by atoms with E-state index in [1.807, 2.05) is 49.4 Å². The van der Waals surface area contributed by atoms with Crippen LogP contribution < -0.4 is 4.72 Å². The third-order valence-electron chi connectivity index (χ3n) is 5.86. The Labute approximate surface area is 198 Å². The molecule has 3 nitrogen and oxygen atoms in total. The molecule has 0 heterocycles. The van der Waals surface area contributed by atoms with Crippen LogP contribution >= 0.6 is 22.6 Å². The molecule has 0 bridgehead atoms. The van der Waals surface area contributed by atoms with Crippen LogP contribution in [0, 0.1) is 6.92 Å². The number of aryl methyl sites for hydroxylation is 1. The summed E-state index contributed by atoms with van der Waals surface area (Å²) < 4.78 is 31.2. The predicted octanol–water partition coefficient (Wildman–Crippen LogP) is 6.57. The lowest BCUT2D eigenvalue weighted by atomic mass is 9.88. The summed E-state index contributed by atoms with van der Waals surface area (Å²) in [6.45, 7) is 4.09. The maximum atomic E-state index is 13.5. The highest BCUT2D eigenvalue weighted by molar-refractivity contribution is 14.1. The molecule has 1 atom stereocenters. The predicted molar refractivity (Wildman–Crippen MR) is 136 cm³/mol. The van der Waals surface area contributed by atoms with Gasteiger partial charge in [0.2, 0.25) is 10.0 Å². The number of benzene rings is 3. The maximum Gasteiger partial charge on any atom is 0.241 e. The third kappa shape index (κ3) is 4.11. The Hall–Kier alpha value is -1.96. The minimum atomic E-state index is -3.72. The third-order valence-corrected chi connectivity index (χ3v) is 8.83. The smallest absolute Gasteiger partial charge is 0.207 e. The fourth-order valence-electron chi connectivity index (χ4n) is 4.25. The Morgan fingerprint density at radius 2 is 1.55 bits per heavy atom. The molecule has 0 saturated heterocycles. The number of nitrogens with one attached hydrogen (secondary N) is 1. The largest absolute Gasteiger partial charge is 0.241 e. The van der Waals surface area contributed by atoms with Gasteiger partial charge in [0.05, 0.1) is 10.4 Å². The van der Waals surface area contributed by atoms with Gasteiger partial charge in [0, 0.05) is 9.15 Å². The molecule has 0 saturated carbocycles. The van der Waals surface area contributed by atoms with E-state index in [9.17, 15) is 8.42 Å². The molecular weight excluding hydrogens is 517 g/mol. The summed E-state index contributed by atoms with van der Waals surface area (Å²) in [5.41, 5.74) is 4.60. The Morgan fingerprint density at radius 1 is 0.903 bits per heavy atom. The molecular formula is C26H26INO2S. The van der Waals surface area contributed by atoms with Gasteiger partial charge in [0.1, 0.15) is 0 Å². The quantitative estimate of drug-likeness (QED) is 0.343. The number of halogens is 1. The molecule has 0 aliphatic heterocycles. The molecule has 1 unspecified atom stereocenters. The van der Waals surface area contributed by atoms with E-state index < -0.39 is 15.6 Å². The normalized spacial score (nSPS) is 18.3. The topological polar surface area (TPSA) is 46.2 Å². The van der Waals surface area contributed by atoms with Gasteiger partial charge in [-0.3, -0.25) is 0 Å². The van der Waals surface area contributed by atoms with Gasteiger partial charge in [-0.2, -0.15) is 4.72 Å². The van der Waals surface area contributed by atoms with E-state index in [1.54, 1.807) is 12.1 Å². The fourth-order valence-corrected chi connectivity index (χ4v) is 7.12. The van der Waals surface area contributed by atoms with Crippen LogP contribution in [0.2, 0.25) is 0 Å². The van der Waals surface area contributed by atoms with Crippen molar-refractivity contribution in [2.45, 2.75) is 43.5 Å². The second-order valence-electron chi connectivity index (χ2n) is 8.03. The second-order valence-corrected chi connectivity index (χ2v) is 10.8. The van der Waals surface area contributed by atoms with Gasteiger partial charge in [-0.1, -0.05) is 92.1 Å². The van der Waals surface area contributed by atoms with Gasteiger partial charge < -0.3 is 0 Å². The van der Waals surface area contributed by atoms with Gasteiger partial charge in [-0.15, -0.1) is 0 Å². The van der Waals surface area contributed by atoms with E-state index in [0.717, 1.165) is 44.2 Å². The van der Waals surface area contributed by atoms with Gasteiger partial charge in [0.15, 0.2) is 0 Å². The highest BCUT2D eigenvalue weighted by Gasteiger charge is 2.46. The van der Waals surface area contributed by atoms with E-state index in [-0.39, 0.29) is 0 Å². The number of sulfonamides is 1. The zero-order valence-electron chi connectivity index (χ0n) is 17.7. The Bertz CT molecular complexity index is 1220. The first kappa shape index (κ1) is 22.2. The van der Waals surface area contributed by atoms with E-state index >= 15 is 0 Å². The average molecular weight is 543 g/mol. The molecule has 4 rings (SSSR count). The fraction of sp³-hybridized carbons (Fsp3) is 0.231. The zero-order chi connectivity index (χ0) is 22.1. The van der Waals surface area contributed by atoms with Crippen LogP contribution in [-0.2, 0) is 15.6 Å². The summed E-state index contributed by atoms with van der Waals surface area (Å²) in [6, 6.07) is 25.5. The highest BCUT2D eigenvalue weighted by atomic mass is 127. The van der Waals surface area contributed by atoms with Crippen molar-refractivity contribution < 1.29 is 8.42 Å². The monoisotopic (exact) mass is 543 g/mol. The van der Waals surface area contributed by atoms with E-state index in [4.69, 9.17) is 0 Å². The lowest BCUT2D eigenvalue weighted by Gasteiger charge is -2.33. The van der Waals surface area contributed by atoms with Gasteiger partial charge in [0.25, 0.3) is 0 Å². The SMILES string of the molecule is CCCCC1(NS(=O)(=O)c2ccc(C)cc2)C(I)=C(c2ccccc2)c2ccccc21. The van der Waals surface area contributed by atoms with Crippen LogP contribution in [0.4, 0.5) is 0 Å². The maximum absolute atomic E-state index is 13.5. The minimum absolute atomic E-state index is 0.295. The van der Waals surface area contributed by atoms with Crippen LogP contribution in [0.3, 0.4) is 0 Å². The number of hydrogen-bond acceptors (Lipinski definition) is 2. The van der Waals surface area contributed by atoms with Gasteiger partial charge in [-0.05, 0) is 64.8 Å². The van der Waals surface area contributed by atoms with Crippen LogP contribution in [0.5, 0.6) is 0 Å². The van der Waals surface area contributed by atoms with Crippen LogP contribution in [-0.4, -0.2) is 8.42 Å². The number of unbranched alkanes of at least 4 members (excludes halogenated alkanes) is 1. The highest BCUT2D eigenvalue weighted by Crippen LogP contribution is 2.53. The Balaban J connectivity index is 1.91. The first-order valence-corrected chi connectivity index (χ1v) is 13.1. The van der Waals surface area contributed by atoms with Crippen LogP contribution in [0.15, 0.2) is 87.3 Å². The molecule has 3 aromatic rings. The molecule has 0 fully saturated rings. The Kier molecular flexibility index (Phi) is 6.37. The van der Waals surface area contributed by atoms with Gasteiger partial charge in [-0.25, -0.2) is 8.42 Å². The molecule has 160 valence electrons. The molecule has 1 aliphatic rings. The summed E-state index contributed by atoms with van der Waals surface area (Å²) in [7, 11) is -3.72. The first-order valence-electron chi connectivity index (χ1n) is 10.6. The molecule has 5 heteroatoms. The number of fused-ring (bicyclic) bond motifs is 1. The summed E-state index contributed by atoms with van der Waals surface area (Å²) >= 11 is 2.36. The summed E-state index contributed by atoms with van der Waals surface area (Å²) in [6.07, 6.45) is 2.61. The zero-order valence-corrected chi connectivity index (χ0v) is 20.7. The standard InChI is InChI=1S/C26H26INO2S/c1-3-4-18-26(28-31(29,30)21-16-14-19(2)15-17-21)23-13-9-8-12-22(23)24(25(26)27)20-10-6-5-7-11-20/h5-17,28H,3-4,18H2,1-2H3. The molecule has 0 radical (unpaired) electrons. The Morgan fingerprint density at radius 3 is 2.23 bits per heavy atom. The minimum Gasteiger partial charge on any atom is -0.207 e. The molecule has 1 N–H and O–H groups in total. The second kappa shape index (κ2) is 8.88. The van der Waals surface area contributed by atoms with Gasteiger partial charge >= 0.3 is 0 Å². The lowest BCUT2D eigenvalue weighted by molar-refractivity contribution is 0.435. The molecule has 0 amide bonds. The average Bonchev–Trinajstić information content (AvgIpc) is 3.01. The summed E-state index contributed by atoms with van der Waals surface area (Å²) in [5, 5.41) is 0. The van der Waals surface area contributed by atoms with Crippen molar-refractivity contribution in [3.05, 3.63) is 105 Å². The van der Waals surface area contributed by atoms with Crippen molar-refractivity contribution in [2.75, 3.05) is 0 Å². The number of hydrogen-bond donors (Lipinski definition) is 1. The van der Waals surface area contributed by atoms with Crippen LogP contribution in [0.1, 0.15) is 48.4 Å². The van der Waals surface area contributed by atoms with Crippen molar-refractivity contribution in [2.24, 2.45) is 0 Å². The lowest BCUT2D eigenvalue weighted by Crippen LogP contribution is -2.45. The van der Waals surface area contributed by atoms with Crippen LogP contribution in [0.25, 0.3) is 5.57 Å². The van der Waals surface area contributed by atoms with Crippen molar-refractivity contribution in [3.63, 3.8) is 0 Å². The van der Waals surface area contributed by atoms with Crippen molar-refractivity contribution >= 4 is 38.2 Å². The van der Waals surface area contributed by atoms with Crippen molar-refractivity contribution in [1.29, 1.82) is 0 Å². The van der Waals surface area contributed by atoms with E-state index in [0.29, 0.717) is 11.3 Å². The molecule has 1 aliphatic carbocycles. The first-order chi connectivity index (χ1) is 14.9. The molecule has 0 spiro atoms. The van der Waals surface area contributed by atoms with E-state index in [2.05, 4.69) is 58.5 Å². The van der Waals surface area contributed by atoms with Crippen molar-refractivity contribution in [3.8, 4) is 0 Å². The van der Waals surface area contributed by atoms with Crippen molar-refractivity contribution in [1.82, 2.24) is 4.72 Å². The number of rotatable bonds is 7. The summed E-state index contributed by atoms with van der Waals surface area (Å²) in [5.74, 6) is 0. The molecule has 0 aromatic heterocycles. The molecule has 3 aromatic carbocycles. The molecule has 31 heavy (non-hydrogen) atoms. The summed E-state index contributed by atoms with van der Waals surface area (Å²) in [4.78, 5) is 0.295.